The number of hydrogen-bond acceptors (Lipinski definition) is 3. The molecule has 0 saturated heterocycles. The molecule has 4 nitrogen and oxygen atoms in total. The van der Waals surface area contributed by atoms with Gasteiger partial charge in [-0.3, -0.25) is 4.79 Å². The Morgan fingerprint density at radius 2 is 2.05 bits per heavy atom. The van der Waals surface area contributed by atoms with Crippen LogP contribution in [0.25, 0.3) is 0 Å². The molecule has 0 heterocycles. The van der Waals surface area contributed by atoms with E-state index in [2.05, 4.69) is 19.2 Å². The molecule has 2 N–H and O–H groups in total. The highest BCUT2D eigenvalue weighted by Gasteiger charge is 2.17. The van der Waals surface area contributed by atoms with Gasteiger partial charge < -0.3 is 15.3 Å². The predicted octanol–water partition coefficient (Wildman–Crippen LogP) is 1.85. The van der Waals surface area contributed by atoms with E-state index in [0.717, 1.165) is 6.07 Å². The highest BCUT2D eigenvalue weighted by atomic mass is 19.1. The van der Waals surface area contributed by atoms with Crippen LogP contribution < -0.4 is 5.32 Å². The van der Waals surface area contributed by atoms with E-state index in [0.29, 0.717) is 12.5 Å². The molecule has 0 fully saturated rings. The Hall–Kier alpha value is -1.62. The lowest BCUT2D eigenvalue weighted by Crippen LogP contribution is -2.43. The third-order valence-electron chi connectivity index (χ3n) is 3.11. The molecule has 1 amide bonds. The number of halogens is 1. The van der Waals surface area contributed by atoms with Crippen molar-refractivity contribution in [2.45, 2.75) is 19.9 Å². The number of carbonyl (C=O) groups excluding carboxylic acids is 1. The zero-order valence-corrected chi connectivity index (χ0v) is 11.8. The van der Waals surface area contributed by atoms with Crippen molar-refractivity contribution >= 4 is 5.91 Å². The van der Waals surface area contributed by atoms with Crippen molar-refractivity contribution in [3.8, 4) is 5.75 Å². The SMILES string of the molecule is CC(C)C(CNC(=O)c1ccc(O)c(F)c1)N(C)C. The molecule has 0 aliphatic heterocycles. The fraction of sp³-hybridized carbons (Fsp3) is 0.500. The van der Waals surface area contributed by atoms with Gasteiger partial charge in [-0.15, -0.1) is 0 Å². The predicted molar refractivity (Wildman–Crippen MR) is 72.7 cm³/mol. The number of hydrogen-bond donors (Lipinski definition) is 2. The maximum Gasteiger partial charge on any atom is 0.251 e. The lowest BCUT2D eigenvalue weighted by Gasteiger charge is -2.28. The maximum absolute atomic E-state index is 13.2. The van der Waals surface area contributed by atoms with Crippen LogP contribution in [0.15, 0.2) is 18.2 Å². The lowest BCUT2D eigenvalue weighted by atomic mass is 10.0. The van der Waals surface area contributed by atoms with Crippen LogP contribution in [0.4, 0.5) is 4.39 Å². The van der Waals surface area contributed by atoms with Crippen LogP contribution in [-0.4, -0.2) is 42.6 Å². The van der Waals surface area contributed by atoms with E-state index >= 15 is 0 Å². The summed E-state index contributed by atoms with van der Waals surface area (Å²) in [7, 11) is 3.91. The molecule has 106 valence electrons. The smallest absolute Gasteiger partial charge is 0.251 e. The lowest BCUT2D eigenvalue weighted by molar-refractivity contribution is 0.0934. The van der Waals surface area contributed by atoms with Gasteiger partial charge in [-0.2, -0.15) is 0 Å². The van der Waals surface area contributed by atoms with E-state index < -0.39 is 11.6 Å². The average Bonchev–Trinajstić information content (AvgIpc) is 2.31. The molecule has 1 unspecified atom stereocenters. The minimum atomic E-state index is -0.791. The van der Waals surface area contributed by atoms with Crippen molar-refractivity contribution < 1.29 is 14.3 Å². The molecule has 1 aromatic rings. The molecule has 1 rings (SSSR count). The molecule has 1 aromatic carbocycles. The summed E-state index contributed by atoms with van der Waals surface area (Å²) in [6.45, 7) is 4.65. The normalized spacial score (nSPS) is 12.8. The second-order valence-electron chi connectivity index (χ2n) is 5.15. The van der Waals surface area contributed by atoms with Crippen LogP contribution >= 0.6 is 0 Å². The summed E-state index contributed by atoms with van der Waals surface area (Å²) in [4.78, 5) is 13.9. The van der Waals surface area contributed by atoms with Gasteiger partial charge in [0, 0.05) is 18.2 Å². The van der Waals surface area contributed by atoms with Gasteiger partial charge in [-0.1, -0.05) is 13.8 Å². The number of nitrogens with one attached hydrogen (secondary N) is 1. The van der Waals surface area contributed by atoms with Crippen molar-refractivity contribution in [1.29, 1.82) is 0 Å². The first kappa shape index (κ1) is 15.4. The Labute approximate surface area is 113 Å². The molecule has 0 radical (unpaired) electrons. The number of benzene rings is 1. The number of phenolic OH excluding ortho intramolecular Hbond substituents is 1. The molecule has 0 spiro atoms. The molecule has 0 bridgehead atoms. The number of amides is 1. The van der Waals surface area contributed by atoms with Crippen LogP contribution in [0.5, 0.6) is 5.75 Å². The van der Waals surface area contributed by atoms with Crippen LogP contribution in [0, 0.1) is 11.7 Å². The molecule has 0 saturated carbocycles. The zero-order valence-electron chi connectivity index (χ0n) is 11.8. The zero-order chi connectivity index (χ0) is 14.6. The van der Waals surface area contributed by atoms with Crippen molar-refractivity contribution in [3.63, 3.8) is 0 Å². The monoisotopic (exact) mass is 268 g/mol. The summed E-state index contributed by atoms with van der Waals surface area (Å²) in [5, 5.41) is 11.9. The van der Waals surface area contributed by atoms with Crippen LogP contribution in [0.2, 0.25) is 0 Å². The second-order valence-corrected chi connectivity index (χ2v) is 5.15. The van der Waals surface area contributed by atoms with Crippen molar-refractivity contribution in [1.82, 2.24) is 10.2 Å². The third-order valence-corrected chi connectivity index (χ3v) is 3.11. The van der Waals surface area contributed by atoms with E-state index in [1.165, 1.54) is 12.1 Å². The summed E-state index contributed by atoms with van der Waals surface area (Å²) in [6.07, 6.45) is 0. The number of likely N-dealkylation sites (N-methyl/N-ethyl adjacent to an activating group) is 1. The summed E-state index contributed by atoms with van der Waals surface area (Å²) in [5.41, 5.74) is 0.205. The molecule has 0 aliphatic carbocycles. The van der Waals surface area contributed by atoms with Crippen LogP contribution in [0.3, 0.4) is 0 Å². The summed E-state index contributed by atoms with van der Waals surface area (Å²) in [6, 6.07) is 3.82. The van der Waals surface area contributed by atoms with Gasteiger partial charge in [0.15, 0.2) is 11.6 Å². The first-order chi connectivity index (χ1) is 8.82. The van der Waals surface area contributed by atoms with Gasteiger partial charge in [-0.25, -0.2) is 4.39 Å². The molecular formula is C14H21FN2O2. The first-order valence-electron chi connectivity index (χ1n) is 6.26. The molecular weight excluding hydrogens is 247 g/mol. The Balaban J connectivity index is 2.66. The first-order valence-corrected chi connectivity index (χ1v) is 6.26. The van der Waals surface area contributed by atoms with E-state index in [4.69, 9.17) is 5.11 Å². The largest absolute Gasteiger partial charge is 0.505 e. The molecule has 1 atom stereocenters. The van der Waals surface area contributed by atoms with Gasteiger partial charge in [0.25, 0.3) is 5.91 Å². The van der Waals surface area contributed by atoms with Crippen molar-refractivity contribution in [2.24, 2.45) is 5.92 Å². The highest BCUT2D eigenvalue weighted by Crippen LogP contribution is 2.16. The molecule has 5 heteroatoms. The van der Waals surface area contributed by atoms with E-state index in [9.17, 15) is 9.18 Å². The Bertz CT molecular complexity index is 439. The standard InChI is InChI=1S/C14H21FN2O2/c1-9(2)12(17(3)4)8-16-14(19)10-5-6-13(18)11(15)7-10/h5-7,9,12,18H,8H2,1-4H3,(H,16,19). The van der Waals surface area contributed by atoms with Gasteiger partial charge in [-0.05, 0) is 38.2 Å². The number of rotatable bonds is 5. The van der Waals surface area contributed by atoms with E-state index in [-0.39, 0.29) is 17.5 Å². The summed E-state index contributed by atoms with van der Waals surface area (Å²) in [5.74, 6) is -1.19. The minimum Gasteiger partial charge on any atom is -0.505 e. The Morgan fingerprint density at radius 1 is 1.42 bits per heavy atom. The number of nitrogens with zero attached hydrogens (tertiary/aromatic N) is 1. The Kier molecular flexibility index (Phi) is 5.30. The minimum absolute atomic E-state index is 0.205. The van der Waals surface area contributed by atoms with Gasteiger partial charge in [0.05, 0.1) is 0 Å². The van der Waals surface area contributed by atoms with Crippen molar-refractivity contribution in [3.05, 3.63) is 29.6 Å². The summed E-state index contributed by atoms with van der Waals surface area (Å²) < 4.78 is 13.2. The summed E-state index contributed by atoms with van der Waals surface area (Å²) >= 11 is 0. The molecule has 0 aromatic heterocycles. The fourth-order valence-corrected chi connectivity index (χ4v) is 1.96. The quantitative estimate of drug-likeness (QED) is 0.857. The van der Waals surface area contributed by atoms with Crippen molar-refractivity contribution in [2.75, 3.05) is 20.6 Å². The molecule has 0 aliphatic rings. The van der Waals surface area contributed by atoms with Crippen LogP contribution in [-0.2, 0) is 0 Å². The fourth-order valence-electron chi connectivity index (χ4n) is 1.96. The maximum atomic E-state index is 13.2. The molecule has 19 heavy (non-hydrogen) atoms. The highest BCUT2D eigenvalue weighted by molar-refractivity contribution is 5.94. The van der Waals surface area contributed by atoms with Gasteiger partial charge in [0.1, 0.15) is 0 Å². The second kappa shape index (κ2) is 6.52. The van der Waals surface area contributed by atoms with Gasteiger partial charge >= 0.3 is 0 Å². The number of carbonyl (C=O) groups is 1. The van der Waals surface area contributed by atoms with E-state index in [1.54, 1.807) is 0 Å². The number of phenols is 1. The van der Waals surface area contributed by atoms with Crippen LogP contribution in [0.1, 0.15) is 24.2 Å². The van der Waals surface area contributed by atoms with E-state index in [1.807, 2.05) is 19.0 Å². The number of aromatic hydroxyl groups is 1. The van der Waals surface area contributed by atoms with Gasteiger partial charge in [0.2, 0.25) is 0 Å². The third kappa shape index (κ3) is 4.21. The topological polar surface area (TPSA) is 52.6 Å². The Morgan fingerprint density at radius 3 is 2.53 bits per heavy atom. The average molecular weight is 268 g/mol.